The van der Waals surface area contributed by atoms with Crippen molar-refractivity contribution in [2.45, 2.75) is 31.7 Å². The van der Waals surface area contributed by atoms with E-state index in [2.05, 4.69) is 45.1 Å². The van der Waals surface area contributed by atoms with E-state index in [0.717, 1.165) is 35.8 Å². The van der Waals surface area contributed by atoms with Crippen molar-refractivity contribution in [2.24, 2.45) is 0 Å². The lowest BCUT2D eigenvalue weighted by molar-refractivity contribution is -0.131. The molecule has 0 N–H and O–H groups in total. The summed E-state index contributed by atoms with van der Waals surface area (Å²) in [6.45, 7) is 0.896. The Balaban J connectivity index is 1.64. The second kappa shape index (κ2) is 7.10. The van der Waals surface area contributed by atoms with Crippen molar-refractivity contribution in [1.29, 1.82) is 0 Å². The van der Waals surface area contributed by atoms with Gasteiger partial charge in [0.15, 0.2) is 0 Å². The van der Waals surface area contributed by atoms with E-state index in [1.54, 1.807) is 0 Å². The van der Waals surface area contributed by atoms with Crippen LogP contribution >= 0.6 is 15.9 Å². The monoisotopic (exact) mass is 357 g/mol. The molecule has 1 unspecified atom stereocenters. The van der Waals surface area contributed by atoms with Crippen LogP contribution in [0.5, 0.6) is 0 Å². The molecule has 114 valence electrons. The van der Waals surface area contributed by atoms with Crippen LogP contribution in [0, 0.1) is 0 Å². The van der Waals surface area contributed by atoms with Gasteiger partial charge in [-0.05, 0) is 42.5 Å². The third kappa shape index (κ3) is 3.77. The maximum absolute atomic E-state index is 12.6. The van der Waals surface area contributed by atoms with Crippen LogP contribution in [0.25, 0.3) is 0 Å². The molecule has 2 aromatic rings. The standard InChI is InChI=1S/C19H20BrNO/c20-17-10-8-16(9-11-17)14-19(22)21-12-4-7-18(21)13-15-5-2-1-3-6-15/h1-3,5-6,8-11,18H,4,7,12-14H2. The summed E-state index contributed by atoms with van der Waals surface area (Å²) in [6.07, 6.45) is 3.69. The average Bonchev–Trinajstić information content (AvgIpc) is 2.99. The molecule has 1 fully saturated rings. The van der Waals surface area contributed by atoms with Crippen molar-refractivity contribution in [1.82, 2.24) is 4.90 Å². The van der Waals surface area contributed by atoms with Gasteiger partial charge < -0.3 is 4.90 Å². The van der Waals surface area contributed by atoms with Gasteiger partial charge in [0.25, 0.3) is 0 Å². The summed E-state index contributed by atoms with van der Waals surface area (Å²) in [5, 5.41) is 0. The van der Waals surface area contributed by atoms with Gasteiger partial charge in [-0.25, -0.2) is 0 Å². The lowest BCUT2D eigenvalue weighted by Gasteiger charge is -2.25. The van der Waals surface area contributed by atoms with Crippen LogP contribution in [0.2, 0.25) is 0 Å². The molecule has 1 heterocycles. The highest BCUT2D eigenvalue weighted by Crippen LogP contribution is 2.22. The van der Waals surface area contributed by atoms with Crippen LogP contribution in [0.4, 0.5) is 0 Å². The van der Waals surface area contributed by atoms with Crippen molar-refractivity contribution in [2.75, 3.05) is 6.54 Å². The van der Waals surface area contributed by atoms with Crippen molar-refractivity contribution < 1.29 is 4.79 Å². The molecule has 1 aliphatic heterocycles. The molecule has 0 radical (unpaired) electrons. The van der Waals surface area contributed by atoms with E-state index in [9.17, 15) is 4.79 Å². The summed E-state index contributed by atoms with van der Waals surface area (Å²) in [6, 6.07) is 18.8. The number of carbonyl (C=O) groups excluding carboxylic acids is 1. The first-order valence-electron chi connectivity index (χ1n) is 7.80. The fraction of sp³-hybridized carbons (Fsp3) is 0.316. The van der Waals surface area contributed by atoms with Crippen molar-refractivity contribution in [3.8, 4) is 0 Å². The average molecular weight is 358 g/mol. The molecule has 0 bridgehead atoms. The summed E-state index contributed by atoms with van der Waals surface area (Å²) in [5.74, 6) is 0.251. The zero-order valence-corrected chi connectivity index (χ0v) is 14.1. The van der Waals surface area contributed by atoms with E-state index in [0.29, 0.717) is 12.5 Å². The largest absolute Gasteiger partial charge is 0.339 e. The fourth-order valence-corrected chi connectivity index (χ4v) is 3.41. The molecule has 0 aliphatic carbocycles. The number of hydrogen-bond acceptors (Lipinski definition) is 1. The molecular formula is C19H20BrNO. The molecule has 1 aliphatic rings. The zero-order valence-electron chi connectivity index (χ0n) is 12.5. The fourth-order valence-electron chi connectivity index (χ4n) is 3.14. The molecule has 1 atom stereocenters. The predicted octanol–water partition coefficient (Wildman–Crippen LogP) is 4.23. The Hall–Kier alpha value is -1.61. The SMILES string of the molecule is O=C(Cc1ccc(Br)cc1)N1CCCC1Cc1ccccc1. The Morgan fingerprint density at radius 1 is 1.05 bits per heavy atom. The van der Waals surface area contributed by atoms with E-state index < -0.39 is 0 Å². The van der Waals surface area contributed by atoms with E-state index >= 15 is 0 Å². The van der Waals surface area contributed by atoms with Gasteiger partial charge in [-0.15, -0.1) is 0 Å². The molecule has 2 aromatic carbocycles. The van der Waals surface area contributed by atoms with Gasteiger partial charge in [-0.1, -0.05) is 58.4 Å². The van der Waals surface area contributed by atoms with E-state index in [4.69, 9.17) is 0 Å². The summed E-state index contributed by atoms with van der Waals surface area (Å²) < 4.78 is 1.05. The number of halogens is 1. The maximum Gasteiger partial charge on any atom is 0.227 e. The van der Waals surface area contributed by atoms with Crippen LogP contribution in [0.3, 0.4) is 0 Å². The van der Waals surface area contributed by atoms with Gasteiger partial charge in [0.1, 0.15) is 0 Å². The van der Waals surface area contributed by atoms with E-state index in [-0.39, 0.29) is 5.91 Å². The van der Waals surface area contributed by atoms with E-state index in [1.807, 2.05) is 30.3 Å². The highest BCUT2D eigenvalue weighted by atomic mass is 79.9. The number of hydrogen-bond donors (Lipinski definition) is 0. The highest BCUT2D eigenvalue weighted by Gasteiger charge is 2.28. The predicted molar refractivity (Wildman–Crippen MR) is 92.7 cm³/mol. The topological polar surface area (TPSA) is 20.3 Å². The minimum Gasteiger partial charge on any atom is -0.339 e. The number of likely N-dealkylation sites (tertiary alicyclic amines) is 1. The van der Waals surface area contributed by atoms with Gasteiger partial charge in [0.05, 0.1) is 6.42 Å². The number of nitrogens with zero attached hydrogens (tertiary/aromatic N) is 1. The Labute approximate surface area is 140 Å². The highest BCUT2D eigenvalue weighted by molar-refractivity contribution is 9.10. The van der Waals surface area contributed by atoms with Crippen LogP contribution in [0.1, 0.15) is 24.0 Å². The summed E-state index contributed by atoms with van der Waals surface area (Å²) >= 11 is 3.43. The van der Waals surface area contributed by atoms with Gasteiger partial charge in [0.2, 0.25) is 5.91 Å². The summed E-state index contributed by atoms with van der Waals surface area (Å²) in [5.41, 5.74) is 2.40. The van der Waals surface area contributed by atoms with Gasteiger partial charge in [-0.3, -0.25) is 4.79 Å². The van der Waals surface area contributed by atoms with Crippen LogP contribution in [-0.4, -0.2) is 23.4 Å². The second-order valence-electron chi connectivity index (χ2n) is 5.88. The molecule has 0 spiro atoms. The van der Waals surface area contributed by atoms with Gasteiger partial charge >= 0.3 is 0 Å². The second-order valence-corrected chi connectivity index (χ2v) is 6.79. The molecule has 0 aromatic heterocycles. The number of amides is 1. The zero-order chi connectivity index (χ0) is 15.4. The number of benzene rings is 2. The first-order chi connectivity index (χ1) is 10.7. The molecule has 2 nitrogen and oxygen atoms in total. The third-order valence-corrected chi connectivity index (χ3v) is 4.81. The molecule has 0 saturated carbocycles. The van der Waals surface area contributed by atoms with Crippen LogP contribution in [0.15, 0.2) is 59.1 Å². The Kier molecular flexibility index (Phi) is 4.94. The smallest absolute Gasteiger partial charge is 0.227 e. The molecule has 22 heavy (non-hydrogen) atoms. The minimum absolute atomic E-state index is 0.251. The summed E-state index contributed by atoms with van der Waals surface area (Å²) in [7, 11) is 0. The quantitative estimate of drug-likeness (QED) is 0.801. The minimum atomic E-state index is 0.251. The lowest BCUT2D eigenvalue weighted by atomic mass is 10.0. The molecular weight excluding hydrogens is 338 g/mol. The van der Waals surface area contributed by atoms with Gasteiger partial charge in [-0.2, -0.15) is 0 Å². The molecule has 3 rings (SSSR count). The van der Waals surface area contributed by atoms with Gasteiger partial charge in [0, 0.05) is 17.1 Å². The molecule has 1 saturated heterocycles. The first-order valence-corrected chi connectivity index (χ1v) is 8.59. The third-order valence-electron chi connectivity index (χ3n) is 4.28. The summed E-state index contributed by atoms with van der Waals surface area (Å²) in [4.78, 5) is 14.7. The normalized spacial score (nSPS) is 17.7. The van der Waals surface area contributed by atoms with Crippen LogP contribution < -0.4 is 0 Å². The molecule has 1 amide bonds. The number of carbonyl (C=O) groups is 1. The van der Waals surface area contributed by atoms with Crippen LogP contribution in [-0.2, 0) is 17.6 Å². The Morgan fingerprint density at radius 3 is 2.50 bits per heavy atom. The van der Waals surface area contributed by atoms with E-state index in [1.165, 1.54) is 5.56 Å². The Bertz CT molecular complexity index is 624. The Morgan fingerprint density at radius 2 is 1.77 bits per heavy atom. The first kappa shape index (κ1) is 15.3. The lowest BCUT2D eigenvalue weighted by Crippen LogP contribution is -2.37. The van der Waals surface area contributed by atoms with Crippen molar-refractivity contribution in [3.63, 3.8) is 0 Å². The van der Waals surface area contributed by atoms with Crippen molar-refractivity contribution >= 4 is 21.8 Å². The number of rotatable bonds is 4. The van der Waals surface area contributed by atoms with Crippen molar-refractivity contribution in [3.05, 3.63) is 70.2 Å². The molecule has 3 heteroatoms. The maximum atomic E-state index is 12.6.